The van der Waals surface area contributed by atoms with Crippen LogP contribution >= 0.6 is 11.3 Å². The number of nitrogens with zero attached hydrogens (tertiary/aromatic N) is 4. The Balaban J connectivity index is 1.74. The van der Waals surface area contributed by atoms with Gasteiger partial charge in [0.2, 0.25) is 5.88 Å². The molecule has 0 bridgehead atoms. The number of hydrogen-bond acceptors (Lipinski definition) is 8. The molecule has 1 saturated heterocycles. The monoisotopic (exact) mass is 428 g/mol. The van der Waals surface area contributed by atoms with E-state index in [0.717, 1.165) is 65.4 Å². The van der Waals surface area contributed by atoms with Gasteiger partial charge in [-0.3, -0.25) is 0 Å². The van der Waals surface area contributed by atoms with Crippen LogP contribution in [-0.2, 0) is 22.5 Å². The standard InChI is InChI=1S/C22H28N4O3S/c1-5-13(2)29-20-18-17(23-12-24-20)16-14-10-22(3,4)28-11-15(14)19(25-21(16)30-18)26-6-8-27-9-7-26/h12-13H,5-11H2,1-4H3/t13-/m1/s1. The third-order valence-corrected chi connectivity index (χ3v) is 7.03. The fraction of sp³-hybridized carbons (Fsp3) is 0.591. The summed E-state index contributed by atoms with van der Waals surface area (Å²) in [5.41, 5.74) is 3.21. The summed E-state index contributed by atoms with van der Waals surface area (Å²) in [4.78, 5) is 17.6. The number of pyridine rings is 1. The molecule has 30 heavy (non-hydrogen) atoms. The van der Waals surface area contributed by atoms with Crippen molar-refractivity contribution in [1.82, 2.24) is 15.0 Å². The van der Waals surface area contributed by atoms with Crippen LogP contribution in [0.1, 0.15) is 45.2 Å². The Hall–Kier alpha value is -2.03. The highest BCUT2D eigenvalue weighted by atomic mass is 32.1. The predicted molar refractivity (Wildman–Crippen MR) is 119 cm³/mol. The summed E-state index contributed by atoms with van der Waals surface area (Å²) in [6, 6.07) is 0. The summed E-state index contributed by atoms with van der Waals surface area (Å²) in [5, 5.41) is 1.13. The summed E-state index contributed by atoms with van der Waals surface area (Å²) < 4.78 is 18.9. The van der Waals surface area contributed by atoms with Crippen molar-refractivity contribution < 1.29 is 14.2 Å². The molecule has 0 N–H and O–H groups in total. The third kappa shape index (κ3) is 3.40. The van der Waals surface area contributed by atoms with E-state index in [-0.39, 0.29) is 11.7 Å². The second-order valence-electron chi connectivity index (χ2n) is 8.69. The van der Waals surface area contributed by atoms with Gasteiger partial charge in [-0.15, -0.1) is 11.3 Å². The number of morpholine rings is 1. The molecule has 0 spiro atoms. The van der Waals surface area contributed by atoms with Crippen LogP contribution in [0.2, 0.25) is 0 Å². The SMILES string of the molecule is CC[C@@H](C)Oc1ncnc2c1sc1nc(N3CCOCC3)c3c(c12)CC(C)(C)OC3. The smallest absolute Gasteiger partial charge is 0.235 e. The number of rotatable bonds is 4. The van der Waals surface area contributed by atoms with Crippen LogP contribution in [0.5, 0.6) is 5.88 Å². The van der Waals surface area contributed by atoms with Crippen molar-refractivity contribution in [1.29, 1.82) is 0 Å². The molecule has 3 aromatic heterocycles. The molecule has 0 radical (unpaired) electrons. The Morgan fingerprint density at radius 1 is 1.23 bits per heavy atom. The first kappa shape index (κ1) is 19.9. The lowest BCUT2D eigenvalue weighted by molar-refractivity contribution is -0.0396. The maximum absolute atomic E-state index is 6.20. The van der Waals surface area contributed by atoms with E-state index >= 15 is 0 Å². The van der Waals surface area contributed by atoms with Crippen LogP contribution in [0.4, 0.5) is 5.82 Å². The quantitative estimate of drug-likeness (QED) is 0.619. The fourth-order valence-corrected chi connectivity index (χ4v) is 5.25. The molecule has 0 aliphatic carbocycles. The molecule has 0 saturated carbocycles. The summed E-state index contributed by atoms with van der Waals surface area (Å²) in [5.74, 6) is 1.69. The number of fused-ring (bicyclic) bond motifs is 5. The van der Waals surface area contributed by atoms with E-state index in [2.05, 4.69) is 42.6 Å². The fourth-order valence-electron chi connectivity index (χ4n) is 4.16. The normalized spacial score (nSPS) is 19.8. The zero-order valence-corrected chi connectivity index (χ0v) is 18.8. The lowest BCUT2D eigenvalue weighted by atomic mass is 9.90. The van der Waals surface area contributed by atoms with Gasteiger partial charge >= 0.3 is 0 Å². The topological polar surface area (TPSA) is 69.6 Å². The Morgan fingerprint density at radius 2 is 2.03 bits per heavy atom. The molecule has 2 aliphatic heterocycles. The Bertz CT molecular complexity index is 1090. The van der Waals surface area contributed by atoms with Crippen LogP contribution in [0.3, 0.4) is 0 Å². The second-order valence-corrected chi connectivity index (χ2v) is 9.69. The molecule has 0 amide bonds. The molecule has 0 unspecified atom stereocenters. The largest absolute Gasteiger partial charge is 0.474 e. The van der Waals surface area contributed by atoms with Gasteiger partial charge < -0.3 is 19.1 Å². The zero-order valence-electron chi connectivity index (χ0n) is 18.0. The molecular weight excluding hydrogens is 400 g/mol. The van der Waals surface area contributed by atoms with Crippen LogP contribution in [0, 0.1) is 0 Å². The highest BCUT2D eigenvalue weighted by Crippen LogP contribution is 2.44. The second kappa shape index (κ2) is 7.59. The van der Waals surface area contributed by atoms with Crippen molar-refractivity contribution in [2.75, 3.05) is 31.2 Å². The zero-order chi connectivity index (χ0) is 20.9. The van der Waals surface area contributed by atoms with E-state index in [1.54, 1.807) is 17.7 Å². The average Bonchev–Trinajstić information content (AvgIpc) is 3.13. The summed E-state index contributed by atoms with van der Waals surface area (Å²) >= 11 is 1.63. The molecule has 0 aromatic carbocycles. The van der Waals surface area contributed by atoms with Crippen LogP contribution in [-0.4, -0.2) is 53.0 Å². The highest BCUT2D eigenvalue weighted by molar-refractivity contribution is 7.25. The molecule has 7 nitrogen and oxygen atoms in total. The van der Waals surface area contributed by atoms with E-state index in [1.807, 2.05) is 0 Å². The Labute approximate surface area is 180 Å². The molecular formula is C22H28N4O3S. The maximum Gasteiger partial charge on any atom is 0.235 e. The molecule has 1 fully saturated rings. The number of thiophene rings is 1. The van der Waals surface area contributed by atoms with Gasteiger partial charge in [-0.05, 0) is 32.8 Å². The van der Waals surface area contributed by atoms with Gasteiger partial charge in [0, 0.05) is 30.5 Å². The number of anilines is 1. The van der Waals surface area contributed by atoms with E-state index in [1.165, 1.54) is 11.1 Å². The van der Waals surface area contributed by atoms with E-state index in [9.17, 15) is 0 Å². The van der Waals surface area contributed by atoms with E-state index in [4.69, 9.17) is 19.2 Å². The van der Waals surface area contributed by atoms with E-state index < -0.39 is 0 Å². The first-order valence-electron chi connectivity index (χ1n) is 10.7. The highest BCUT2D eigenvalue weighted by Gasteiger charge is 2.33. The summed E-state index contributed by atoms with van der Waals surface area (Å²) in [6.07, 6.45) is 3.47. The molecule has 160 valence electrons. The molecule has 8 heteroatoms. The Kier molecular flexibility index (Phi) is 5.03. The molecule has 5 heterocycles. The van der Waals surface area contributed by atoms with Gasteiger partial charge in [0.25, 0.3) is 0 Å². The third-order valence-electron chi connectivity index (χ3n) is 5.97. The number of aromatic nitrogens is 3. The number of ether oxygens (including phenoxy) is 3. The van der Waals surface area contributed by atoms with Gasteiger partial charge in [0.05, 0.1) is 37.0 Å². The van der Waals surface area contributed by atoms with Crippen molar-refractivity contribution in [2.45, 2.75) is 58.8 Å². The van der Waals surface area contributed by atoms with Crippen molar-refractivity contribution in [3.05, 3.63) is 17.5 Å². The lowest BCUT2D eigenvalue weighted by Crippen LogP contribution is -2.39. The maximum atomic E-state index is 6.20. The van der Waals surface area contributed by atoms with Crippen LogP contribution in [0.25, 0.3) is 20.4 Å². The van der Waals surface area contributed by atoms with Crippen molar-refractivity contribution in [3.8, 4) is 5.88 Å². The van der Waals surface area contributed by atoms with Crippen molar-refractivity contribution in [3.63, 3.8) is 0 Å². The average molecular weight is 429 g/mol. The molecule has 1 atom stereocenters. The minimum absolute atomic E-state index is 0.103. The van der Waals surface area contributed by atoms with Crippen LogP contribution in [0.15, 0.2) is 6.33 Å². The summed E-state index contributed by atoms with van der Waals surface area (Å²) in [7, 11) is 0. The van der Waals surface area contributed by atoms with Crippen LogP contribution < -0.4 is 9.64 Å². The van der Waals surface area contributed by atoms with Gasteiger partial charge in [0.1, 0.15) is 21.7 Å². The lowest BCUT2D eigenvalue weighted by Gasteiger charge is -2.36. The van der Waals surface area contributed by atoms with Crippen molar-refractivity contribution >= 4 is 37.6 Å². The molecule has 5 rings (SSSR count). The van der Waals surface area contributed by atoms with E-state index in [0.29, 0.717) is 12.5 Å². The molecule has 3 aromatic rings. The van der Waals surface area contributed by atoms with Gasteiger partial charge in [-0.25, -0.2) is 15.0 Å². The van der Waals surface area contributed by atoms with Crippen molar-refractivity contribution in [2.24, 2.45) is 0 Å². The molecule has 2 aliphatic rings. The summed E-state index contributed by atoms with van der Waals surface area (Å²) in [6.45, 7) is 12.2. The van der Waals surface area contributed by atoms with Gasteiger partial charge in [-0.1, -0.05) is 6.92 Å². The number of hydrogen-bond donors (Lipinski definition) is 0. The minimum atomic E-state index is -0.221. The Morgan fingerprint density at radius 3 is 2.80 bits per heavy atom. The predicted octanol–water partition coefficient (Wildman–Crippen LogP) is 4.10. The first-order chi connectivity index (χ1) is 14.5. The first-order valence-corrected chi connectivity index (χ1v) is 11.5. The van der Waals surface area contributed by atoms with Gasteiger partial charge in [-0.2, -0.15) is 0 Å². The minimum Gasteiger partial charge on any atom is -0.474 e. The van der Waals surface area contributed by atoms with Gasteiger partial charge in [0.15, 0.2) is 0 Å².